The summed E-state index contributed by atoms with van der Waals surface area (Å²) in [6.45, 7) is 4.56. The number of esters is 4. The summed E-state index contributed by atoms with van der Waals surface area (Å²) in [4.78, 5) is 46.4. The standard InChI is InChI=1S/C20H29NO9S/c1-12(22)26-11-16-17(27-13(2)23)18(28-14(3)24)19(29-15(4)25)20(30-16)31-10-8-6-5-7-9-21/h16-20H,5-8,10-11H2,1-4H3/t16-,17-,18+,19+,20-/m1/s1. The fourth-order valence-corrected chi connectivity index (χ4v) is 4.23. The van der Waals surface area contributed by atoms with Crippen molar-refractivity contribution in [3.05, 3.63) is 0 Å². The zero-order valence-corrected chi connectivity index (χ0v) is 19.0. The molecule has 1 aliphatic rings. The van der Waals surface area contributed by atoms with E-state index in [1.807, 2.05) is 0 Å². The van der Waals surface area contributed by atoms with Gasteiger partial charge in [0.1, 0.15) is 18.1 Å². The first-order chi connectivity index (χ1) is 14.6. The molecule has 174 valence electrons. The maximum Gasteiger partial charge on any atom is 0.303 e. The SMILES string of the molecule is CC(=O)OC[C@H]1O[C@H](SCCCCCC#N)[C@@H](OC(C)=O)[C@@H](OC(C)=O)[C@@H]1OC(C)=O. The fraction of sp³-hybridized carbons (Fsp3) is 0.750. The van der Waals surface area contributed by atoms with E-state index in [0.29, 0.717) is 12.2 Å². The van der Waals surface area contributed by atoms with Crippen molar-refractivity contribution >= 4 is 35.6 Å². The molecule has 0 aromatic heterocycles. The fourth-order valence-electron chi connectivity index (χ4n) is 3.01. The van der Waals surface area contributed by atoms with Gasteiger partial charge in [0, 0.05) is 34.1 Å². The molecule has 0 saturated carbocycles. The van der Waals surface area contributed by atoms with E-state index in [0.717, 1.165) is 19.3 Å². The van der Waals surface area contributed by atoms with Gasteiger partial charge in [-0.25, -0.2) is 0 Å². The van der Waals surface area contributed by atoms with E-state index in [9.17, 15) is 19.2 Å². The summed E-state index contributed by atoms with van der Waals surface area (Å²) in [7, 11) is 0. The number of rotatable bonds is 11. The van der Waals surface area contributed by atoms with Gasteiger partial charge in [0.05, 0.1) is 6.07 Å². The molecule has 11 heteroatoms. The molecule has 0 N–H and O–H groups in total. The third-order valence-corrected chi connectivity index (χ3v) is 5.40. The molecular formula is C20H29NO9S. The zero-order chi connectivity index (χ0) is 23.4. The highest BCUT2D eigenvalue weighted by Crippen LogP contribution is 2.34. The lowest BCUT2D eigenvalue weighted by Crippen LogP contribution is -2.61. The van der Waals surface area contributed by atoms with E-state index in [2.05, 4.69) is 6.07 Å². The molecule has 31 heavy (non-hydrogen) atoms. The van der Waals surface area contributed by atoms with E-state index < -0.39 is 53.7 Å². The molecule has 0 unspecified atom stereocenters. The van der Waals surface area contributed by atoms with E-state index in [4.69, 9.17) is 28.9 Å². The van der Waals surface area contributed by atoms with Crippen molar-refractivity contribution in [2.75, 3.05) is 12.4 Å². The van der Waals surface area contributed by atoms with Crippen LogP contribution in [0.4, 0.5) is 0 Å². The third kappa shape index (κ3) is 10.0. The predicted molar refractivity (Wildman–Crippen MR) is 108 cm³/mol. The second-order valence-corrected chi connectivity index (χ2v) is 8.11. The second kappa shape index (κ2) is 13.9. The molecule has 10 nitrogen and oxygen atoms in total. The van der Waals surface area contributed by atoms with Gasteiger partial charge in [-0.3, -0.25) is 19.2 Å². The van der Waals surface area contributed by atoms with Crippen LogP contribution in [0.15, 0.2) is 0 Å². The molecule has 1 aliphatic heterocycles. The molecule has 0 bridgehead atoms. The first kappa shape index (κ1) is 26.7. The molecule has 1 fully saturated rings. The van der Waals surface area contributed by atoms with Crippen molar-refractivity contribution in [3.63, 3.8) is 0 Å². The van der Waals surface area contributed by atoms with Gasteiger partial charge in [-0.05, 0) is 18.6 Å². The maximum absolute atomic E-state index is 11.8. The lowest BCUT2D eigenvalue weighted by atomic mass is 9.99. The molecule has 0 amide bonds. The molecule has 0 aromatic carbocycles. The minimum Gasteiger partial charge on any atom is -0.463 e. The van der Waals surface area contributed by atoms with Crippen molar-refractivity contribution in [2.45, 2.75) is 83.2 Å². The maximum atomic E-state index is 11.8. The number of carbonyl (C=O) groups is 4. The predicted octanol–water partition coefficient (Wildman–Crippen LogP) is 1.89. The molecule has 0 aliphatic carbocycles. The molecule has 1 rings (SSSR count). The minimum atomic E-state index is -1.14. The number of nitriles is 1. The van der Waals surface area contributed by atoms with Crippen LogP contribution in [0.25, 0.3) is 0 Å². The van der Waals surface area contributed by atoms with Crippen molar-refractivity contribution in [2.24, 2.45) is 0 Å². The number of thioether (sulfide) groups is 1. The number of hydrogen-bond acceptors (Lipinski definition) is 11. The van der Waals surface area contributed by atoms with Crippen molar-refractivity contribution < 1.29 is 42.9 Å². The van der Waals surface area contributed by atoms with Crippen LogP contribution in [-0.2, 0) is 42.9 Å². The Morgan fingerprint density at radius 2 is 1.42 bits per heavy atom. The molecule has 5 atom stereocenters. The van der Waals surface area contributed by atoms with E-state index in [1.54, 1.807) is 0 Å². The zero-order valence-electron chi connectivity index (χ0n) is 18.2. The monoisotopic (exact) mass is 459 g/mol. The Morgan fingerprint density at radius 3 is 1.97 bits per heavy atom. The quantitative estimate of drug-likeness (QED) is 0.254. The Bertz CT molecular complexity index is 678. The van der Waals surface area contributed by atoms with Crippen molar-refractivity contribution in [1.29, 1.82) is 5.26 Å². The summed E-state index contributed by atoms with van der Waals surface area (Å²) in [6.07, 6.45) is -1.37. The number of unbranched alkanes of at least 4 members (excludes halogenated alkanes) is 3. The summed E-state index contributed by atoms with van der Waals surface area (Å²) >= 11 is 1.34. The molecular weight excluding hydrogens is 430 g/mol. The lowest BCUT2D eigenvalue weighted by molar-refractivity contribution is -0.237. The Labute approximate surface area is 185 Å². The number of hydrogen-bond donors (Lipinski definition) is 0. The van der Waals surface area contributed by atoms with Crippen LogP contribution in [0.2, 0.25) is 0 Å². The van der Waals surface area contributed by atoms with Gasteiger partial charge in [-0.15, -0.1) is 11.8 Å². The molecule has 1 heterocycles. The normalized spacial score (nSPS) is 25.1. The Hall–Kier alpha value is -2.32. The van der Waals surface area contributed by atoms with E-state index in [-0.39, 0.29) is 6.61 Å². The summed E-state index contributed by atoms with van der Waals surface area (Å²) in [6, 6.07) is 2.09. The highest BCUT2D eigenvalue weighted by Gasteiger charge is 2.52. The highest BCUT2D eigenvalue weighted by atomic mass is 32.2. The van der Waals surface area contributed by atoms with Crippen LogP contribution in [0.1, 0.15) is 53.4 Å². The van der Waals surface area contributed by atoms with Crippen LogP contribution < -0.4 is 0 Å². The third-order valence-electron chi connectivity index (χ3n) is 4.16. The summed E-state index contributed by atoms with van der Waals surface area (Å²) in [5.41, 5.74) is -0.753. The Morgan fingerprint density at radius 1 is 0.839 bits per heavy atom. The highest BCUT2D eigenvalue weighted by molar-refractivity contribution is 7.99. The van der Waals surface area contributed by atoms with Gasteiger partial charge in [-0.2, -0.15) is 5.26 Å². The first-order valence-electron chi connectivity index (χ1n) is 9.94. The van der Waals surface area contributed by atoms with Gasteiger partial charge in [0.2, 0.25) is 0 Å². The van der Waals surface area contributed by atoms with Crippen LogP contribution in [0, 0.1) is 11.3 Å². The number of nitrogens with zero attached hydrogens (tertiary/aromatic N) is 1. The van der Waals surface area contributed by atoms with E-state index in [1.165, 1.54) is 39.5 Å². The van der Waals surface area contributed by atoms with Gasteiger partial charge >= 0.3 is 23.9 Å². The first-order valence-corrected chi connectivity index (χ1v) is 11.0. The topological polar surface area (TPSA) is 138 Å². The van der Waals surface area contributed by atoms with Crippen LogP contribution in [-0.4, -0.2) is 66.1 Å². The van der Waals surface area contributed by atoms with Crippen molar-refractivity contribution in [3.8, 4) is 6.07 Å². The number of ether oxygens (including phenoxy) is 5. The molecule has 0 spiro atoms. The van der Waals surface area contributed by atoms with Crippen LogP contribution >= 0.6 is 11.8 Å². The molecule has 0 radical (unpaired) electrons. The van der Waals surface area contributed by atoms with E-state index >= 15 is 0 Å². The average molecular weight is 460 g/mol. The smallest absolute Gasteiger partial charge is 0.303 e. The largest absolute Gasteiger partial charge is 0.463 e. The van der Waals surface area contributed by atoms with Gasteiger partial charge in [-0.1, -0.05) is 6.42 Å². The molecule has 0 aromatic rings. The average Bonchev–Trinajstić information content (AvgIpc) is 2.66. The second-order valence-electron chi connectivity index (χ2n) is 6.91. The van der Waals surface area contributed by atoms with Gasteiger partial charge in [0.15, 0.2) is 18.3 Å². The number of carbonyl (C=O) groups excluding carboxylic acids is 4. The van der Waals surface area contributed by atoms with Gasteiger partial charge in [0.25, 0.3) is 0 Å². The van der Waals surface area contributed by atoms with Crippen LogP contribution in [0.5, 0.6) is 0 Å². The van der Waals surface area contributed by atoms with Crippen LogP contribution in [0.3, 0.4) is 0 Å². The summed E-state index contributed by atoms with van der Waals surface area (Å²) in [5, 5.41) is 8.62. The molecule has 1 saturated heterocycles. The van der Waals surface area contributed by atoms with Crippen molar-refractivity contribution in [1.82, 2.24) is 0 Å². The lowest BCUT2D eigenvalue weighted by Gasteiger charge is -2.44. The summed E-state index contributed by atoms with van der Waals surface area (Å²) < 4.78 is 27.1. The minimum absolute atomic E-state index is 0.239. The Balaban J connectivity index is 3.09. The summed E-state index contributed by atoms with van der Waals surface area (Å²) in [5.74, 6) is -1.88. The van der Waals surface area contributed by atoms with Gasteiger partial charge < -0.3 is 23.7 Å². The Kier molecular flexibility index (Phi) is 12.0.